The number of benzene rings is 2. The number of carbonyl (C=O) groups excluding carboxylic acids is 1. The Bertz CT molecular complexity index is 638. The molecule has 2 rings (SSSR count). The molecule has 0 unspecified atom stereocenters. The van der Waals surface area contributed by atoms with Crippen LogP contribution in [0.25, 0.3) is 0 Å². The van der Waals surface area contributed by atoms with Gasteiger partial charge in [-0.05, 0) is 43.2 Å². The molecule has 23 heavy (non-hydrogen) atoms. The highest BCUT2D eigenvalue weighted by Gasteiger charge is 2.14. The molecule has 2 aromatic carbocycles. The molecule has 0 aromatic heterocycles. The Morgan fingerprint density at radius 2 is 1.83 bits per heavy atom. The lowest BCUT2D eigenvalue weighted by Crippen LogP contribution is -2.31. The van der Waals surface area contributed by atoms with Gasteiger partial charge in [-0.3, -0.25) is 4.79 Å². The van der Waals surface area contributed by atoms with E-state index in [4.69, 9.17) is 4.74 Å². The Morgan fingerprint density at radius 1 is 1.13 bits per heavy atom. The molecule has 0 radical (unpaired) electrons. The first-order valence-electron chi connectivity index (χ1n) is 7.93. The van der Waals surface area contributed by atoms with Crippen LogP contribution < -0.4 is 15.4 Å². The molecule has 0 fully saturated rings. The molecule has 1 amide bonds. The van der Waals surface area contributed by atoms with Gasteiger partial charge in [0.15, 0.2) is 0 Å². The van der Waals surface area contributed by atoms with Gasteiger partial charge in [0.2, 0.25) is 5.91 Å². The number of amides is 1. The van der Waals surface area contributed by atoms with Crippen LogP contribution in [0.15, 0.2) is 48.5 Å². The van der Waals surface area contributed by atoms with Crippen LogP contribution >= 0.6 is 0 Å². The van der Waals surface area contributed by atoms with Crippen molar-refractivity contribution in [3.63, 3.8) is 0 Å². The molecule has 0 heterocycles. The Hall–Kier alpha value is -2.49. The summed E-state index contributed by atoms with van der Waals surface area (Å²) in [6, 6.07) is 15.2. The Balaban J connectivity index is 1.96. The van der Waals surface area contributed by atoms with Crippen molar-refractivity contribution in [2.24, 2.45) is 0 Å². The van der Waals surface area contributed by atoms with Crippen molar-refractivity contribution < 1.29 is 9.53 Å². The van der Waals surface area contributed by atoms with Crippen molar-refractivity contribution >= 4 is 17.3 Å². The summed E-state index contributed by atoms with van der Waals surface area (Å²) in [6.45, 7) is 4.00. The summed E-state index contributed by atoms with van der Waals surface area (Å²) in [5.74, 6) is 0.545. The Labute approximate surface area is 137 Å². The fourth-order valence-corrected chi connectivity index (χ4v) is 2.36. The van der Waals surface area contributed by atoms with Crippen LogP contribution in [0.1, 0.15) is 25.8 Å². The largest absolute Gasteiger partial charge is 0.495 e. The third-order valence-corrected chi connectivity index (χ3v) is 3.63. The number of methoxy groups -OCH3 is 1. The maximum Gasteiger partial charge on any atom is 0.246 e. The van der Waals surface area contributed by atoms with E-state index in [0.29, 0.717) is 11.4 Å². The SMILES string of the molecule is CCCc1ccc(N[C@H](C)C(=O)Nc2ccccc2OC)cc1. The molecule has 4 nitrogen and oxygen atoms in total. The van der Waals surface area contributed by atoms with E-state index in [-0.39, 0.29) is 11.9 Å². The van der Waals surface area contributed by atoms with Crippen LogP contribution in [-0.4, -0.2) is 19.1 Å². The van der Waals surface area contributed by atoms with E-state index in [9.17, 15) is 4.79 Å². The minimum absolute atomic E-state index is 0.105. The van der Waals surface area contributed by atoms with Crippen molar-refractivity contribution in [2.45, 2.75) is 32.7 Å². The van der Waals surface area contributed by atoms with Gasteiger partial charge in [0.25, 0.3) is 0 Å². The molecular weight excluding hydrogens is 288 g/mol. The molecule has 0 saturated carbocycles. The fraction of sp³-hybridized carbons (Fsp3) is 0.316. The second-order valence-corrected chi connectivity index (χ2v) is 5.50. The summed E-state index contributed by atoms with van der Waals surface area (Å²) in [7, 11) is 1.59. The monoisotopic (exact) mass is 312 g/mol. The highest BCUT2D eigenvalue weighted by molar-refractivity contribution is 5.97. The minimum Gasteiger partial charge on any atom is -0.495 e. The molecule has 0 spiro atoms. The summed E-state index contributed by atoms with van der Waals surface area (Å²) in [5, 5.41) is 6.10. The number of carbonyl (C=O) groups is 1. The van der Waals surface area contributed by atoms with Gasteiger partial charge < -0.3 is 15.4 Å². The normalized spacial score (nSPS) is 11.6. The average Bonchev–Trinajstić information content (AvgIpc) is 2.57. The molecule has 4 heteroatoms. The maximum atomic E-state index is 12.3. The van der Waals surface area contributed by atoms with Crippen molar-refractivity contribution in [3.05, 3.63) is 54.1 Å². The number of nitrogens with one attached hydrogen (secondary N) is 2. The molecule has 122 valence electrons. The number of hydrogen-bond donors (Lipinski definition) is 2. The van der Waals surface area contributed by atoms with Crippen molar-refractivity contribution in [1.82, 2.24) is 0 Å². The van der Waals surface area contributed by atoms with E-state index >= 15 is 0 Å². The van der Waals surface area contributed by atoms with Crippen molar-refractivity contribution in [2.75, 3.05) is 17.7 Å². The summed E-state index contributed by atoms with van der Waals surface area (Å²) < 4.78 is 5.25. The van der Waals surface area contributed by atoms with Gasteiger partial charge in [-0.15, -0.1) is 0 Å². The predicted molar refractivity (Wildman–Crippen MR) is 95.1 cm³/mol. The van der Waals surface area contributed by atoms with Crippen LogP contribution in [0.3, 0.4) is 0 Å². The number of rotatable bonds is 7. The van der Waals surface area contributed by atoms with E-state index in [1.165, 1.54) is 5.56 Å². The summed E-state index contributed by atoms with van der Waals surface area (Å²) >= 11 is 0. The first kappa shape index (κ1) is 16.9. The molecule has 0 bridgehead atoms. The van der Waals surface area contributed by atoms with Crippen LogP contribution in [0, 0.1) is 0 Å². The lowest BCUT2D eigenvalue weighted by atomic mass is 10.1. The number of aryl methyl sites for hydroxylation is 1. The second kappa shape index (κ2) is 8.22. The summed E-state index contributed by atoms with van der Waals surface area (Å²) in [4.78, 5) is 12.3. The van der Waals surface area contributed by atoms with Crippen LogP contribution in [0.4, 0.5) is 11.4 Å². The topological polar surface area (TPSA) is 50.4 Å². The van der Waals surface area contributed by atoms with Gasteiger partial charge in [-0.2, -0.15) is 0 Å². The van der Waals surface area contributed by atoms with E-state index in [1.54, 1.807) is 7.11 Å². The summed E-state index contributed by atoms with van der Waals surface area (Å²) in [5.41, 5.74) is 2.92. The van der Waals surface area contributed by atoms with E-state index < -0.39 is 0 Å². The van der Waals surface area contributed by atoms with Gasteiger partial charge in [0.05, 0.1) is 12.8 Å². The van der Waals surface area contributed by atoms with Crippen LogP contribution in [0.2, 0.25) is 0 Å². The quantitative estimate of drug-likeness (QED) is 0.809. The molecule has 0 aliphatic rings. The highest BCUT2D eigenvalue weighted by Crippen LogP contribution is 2.23. The first-order valence-corrected chi connectivity index (χ1v) is 7.93. The first-order chi connectivity index (χ1) is 11.1. The molecule has 0 aliphatic carbocycles. The molecule has 2 aromatic rings. The van der Waals surface area contributed by atoms with Gasteiger partial charge in [0, 0.05) is 5.69 Å². The minimum atomic E-state index is -0.350. The number of anilines is 2. The zero-order chi connectivity index (χ0) is 16.7. The zero-order valence-corrected chi connectivity index (χ0v) is 13.9. The van der Waals surface area contributed by atoms with Gasteiger partial charge in [-0.1, -0.05) is 37.6 Å². The second-order valence-electron chi connectivity index (χ2n) is 5.50. The van der Waals surface area contributed by atoms with E-state index in [1.807, 2.05) is 43.3 Å². The van der Waals surface area contributed by atoms with Gasteiger partial charge in [0.1, 0.15) is 11.8 Å². The van der Waals surface area contributed by atoms with E-state index in [2.05, 4.69) is 29.7 Å². The van der Waals surface area contributed by atoms with Gasteiger partial charge >= 0.3 is 0 Å². The fourth-order valence-electron chi connectivity index (χ4n) is 2.36. The average molecular weight is 312 g/mol. The molecule has 1 atom stereocenters. The lowest BCUT2D eigenvalue weighted by Gasteiger charge is -2.17. The molecule has 2 N–H and O–H groups in total. The smallest absolute Gasteiger partial charge is 0.246 e. The highest BCUT2D eigenvalue weighted by atomic mass is 16.5. The number of para-hydroxylation sites is 2. The zero-order valence-electron chi connectivity index (χ0n) is 13.9. The summed E-state index contributed by atoms with van der Waals surface area (Å²) in [6.07, 6.45) is 2.20. The van der Waals surface area contributed by atoms with Crippen molar-refractivity contribution in [1.29, 1.82) is 0 Å². The Kier molecular flexibility index (Phi) is 6.03. The third-order valence-electron chi connectivity index (χ3n) is 3.63. The van der Waals surface area contributed by atoms with E-state index in [0.717, 1.165) is 18.5 Å². The van der Waals surface area contributed by atoms with Gasteiger partial charge in [-0.25, -0.2) is 0 Å². The maximum absolute atomic E-state index is 12.3. The van der Waals surface area contributed by atoms with Crippen LogP contribution in [0.5, 0.6) is 5.75 Å². The van der Waals surface area contributed by atoms with Crippen LogP contribution in [-0.2, 0) is 11.2 Å². The third kappa shape index (κ3) is 4.74. The lowest BCUT2D eigenvalue weighted by molar-refractivity contribution is -0.116. The predicted octanol–water partition coefficient (Wildman–Crippen LogP) is 4.09. The molecule has 0 saturated heterocycles. The standard InChI is InChI=1S/C19H24N2O2/c1-4-7-15-10-12-16(13-11-15)20-14(2)19(22)21-17-8-5-6-9-18(17)23-3/h5-6,8-14,20H,4,7H2,1-3H3,(H,21,22)/t14-/m1/s1. The van der Waals surface area contributed by atoms with Crippen molar-refractivity contribution in [3.8, 4) is 5.75 Å². The molecule has 0 aliphatic heterocycles. The molecular formula is C19H24N2O2. The Morgan fingerprint density at radius 3 is 2.48 bits per heavy atom. The number of hydrogen-bond acceptors (Lipinski definition) is 3. The number of ether oxygens (including phenoxy) is 1.